The van der Waals surface area contributed by atoms with Crippen molar-refractivity contribution in [3.63, 3.8) is 0 Å². The topological polar surface area (TPSA) is 70.7 Å². The lowest BCUT2D eigenvalue weighted by molar-refractivity contribution is -0.116. The van der Waals surface area contributed by atoms with Crippen LogP contribution in [-0.4, -0.2) is 31.3 Å². The van der Waals surface area contributed by atoms with E-state index in [1.165, 1.54) is 0 Å². The van der Waals surface area contributed by atoms with Crippen molar-refractivity contribution < 1.29 is 4.79 Å². The second-order valence-electron chi connectivity index (χ2n) is 4.34. The second kappa shape index (κ2) is 3.76. The Morgan fingerprint density at radius 3 is 3.24 bits per heavy atom. The fraction of sp³-hybridized carbons (Fsp3) is 0.333. The van der Waals surface area contributed by atoms with E-state index >= 15 is 0 Å². The zero-order valence-electron chi connectivity index (χ0n) is 9.39. The molecule has 0 aromatic heterocycles. The number of fused-ring (bicyclic) bond motifs is 3. The Bertz CT molecular complexity index is 497. The molecule has 5 heteroatoms. The summed E-state index contributed by atoms with van der Waals surface area (Å²) in [7, 11) is 0. The highest BCUT2D eigenvalue weighted by atomic mass is 16.1. The molecule has 0 fully saturated rings. The van der Waals surface area contributed by atoms with Gasteiger partial charge in [0.05, 0.1) is 30.4 Å². The molecule has 0 saturated carbocycles. The highest BCUT2D eigenvalue weighted by Gasteiger charge is 2.28. The number of aliphatic imine (C=N–C) groups is 1. The molecule has 2 heterocycles. The van der Waals surface area contributed by atoms with Gasteiger partial charge >= 0.3 is 0 Å². The van der Waals surface area contributed by atoms with E-state index in [9.17, 15) is 4.79 Å². The van der Waals surface area contributed by atoms with Crippen molar-refractivity contribution in [2.24, 2.45) is 4.99 Å². The molecule has 0 radical (unpaired) electrons. The van der Waals surface area contributed by atoms with Gasteiger partial charge < -0.3 is 16.0 Å². The summed E-state index contributed by atoms with van der Waals surface area (Å²) in [6.45, 7) is 1.61. The largest absolute Gasteiger partial charge is 0.399 e. The van der Waals surface area contributed by atoms with Crippen LogP contribution in [0, 0.1) is 0 Å². The number of rotatable bonds is 0. The van der Waals surface area contributed by atoms with E-state index in [1.807, 2.05) is 18.3 Å². The predicted molar refractivity (Wildman–Crippen MR) is 68.6 cm³/mol. The van der Waals surface area contributed by atoms with Gasteiger partial charge in [0.2, 0.25) is 5.91 Å². The van der Waals surface area contributed by atoms with Gasteiger partial charge in [-0.3, -0.25) is 9.79 Å². The third kappa shape index (κ3) is 1.73. The van der Waals surface area contributed by atoms with Crippen molar-refractivity contribution >= 4 is 29.2 Å². The molecule has 0 bridgehead atoms. The van der Waals surface area contributed by atoms with Crippen LogP contribution in [0.25, 0.3) is 0 Å². The first-order valence-electron chi connectivity index (χ1n) is 5.70. The number of benzene rings is 1. The molecule has 3 N–H and O–H groups in total. The lowest BCUT2D eigenvalue weighted by atomic mass is 10.1. The van der Waals surface area contributed by atoms with Crippen molar-refractivity contribution in [1.29, 1.82) is 0 Å². The molecule has 88 valence electrons. The molecule has 5 nitrogen and oxygen atoms in total. The van der Waals surface area contributed by atoms with Crippen molar-refractivity contribution in [3.05, 3.63) is 18.2 Å². The Morgan fingerprint density at radius 2 is 2.35 bits per heavy atom. The van der Waals surface area contributed by atoms with Crippen LogP contribution in [0.2, 0.25) is 0 Å². The summed E-state index contributed by atoms with van der Waals surface area (Å²) in [5.74, 6) is 0.0118. The molecule has 0 aliphatic carbocycles. The zero-order valence-corrected chi connectivity index (χ0v) is 9.39. The summed E-state index contributed by atoms with van der Waals surface area (Å²) in [6.07, 6.45) is 2.31. The molecule has 1 aromatic rings. The molecule has 0 saturated heterocycles. The van der Waals surface area contributed by atoms with E-state index in [2.05, 4.69) is 15.2 Å². The highest BCUT2D eigenvalue weighted by molar-refractivity contribution is 6.00. The third-order valence-electron chi connectivity index (χ3n) is 3.15. The summed E-state index contributed by atoms with van der Waals surface area (Å²) >= 11 is 0. The number of nitrogens with two attached hydrogens (primary N) is 1. The van der Waals surface area contributed by atoms with Crippen molar-refractivity contribution in [3.8, 4) is 0 Å². The van der Waals surface area contributed by atoms with Crippen LogP contribution in [0.5, 0.6) is 0 Å². The van der Waals surface area contributed by atoms with Gasteiger partial charge in [0, 0.05) is 18.4 Å². The molecular formula is C12H14N4O. The molecular weight excluding hydrogens is 216 g/mol. The molecule has 3 rings (SSSR count). The second-order valence-corrected chi connectivity index (χ2v) is 4.34. The number of nitrogens with one attached hydrogen (secondary N) is 1. The Hall–Kier alpha value is -2.04. The SMILES string of the molecule is Nc1ccc2c(c1)NC(=O)CC1C=NCCN21. The number of nitrogen functional groups attached to an aromatic ring is 1. The summed E-state index contributed by atoms with van der Waals surface area (Å²) in [5.41, 5.74) is 8.24. The van der Waals surface area contributed by atoms with Crippen LogP contribution in [0.3, 0.4) is 0 Å². The van der Waals surface area contributed by atoms with E-state index in [1.54, 1.807) is 6.07 Å². The summed E-state index contributed by atoms with van der Waals surface area (Å²) in [6, 6.07) is 5.69. The summed E-state index contributed by atoms with van der Waals surface area (Å²) < 4.78 is 0. The minimum Gasteiger partial charge on any atom is -0.399 e. The Labute approximate surface area is 99.3 Å². The average Bonchev–Trinajstić information content (AvgIpc) is 2.43. The molecule has 1 atom stereocenters. The number of carbonyl (C=O) groups excluding carboxylic acids is 1. The Kier molecular flexibility index (Phi) is 2.24. The van der Waals surface area contributed by atoms with Gasteiger partial charge in [-0.2, -0.15) is 0 Å². The molecule has 2 aliphatic heterocycles. The molecule has 1 unspecified atom stereocenters. The maximum absolute atomic E-state index is 11.8. The maximum atomic E-state index is 11.8. The lowest BCUT2D eigenvalue weighted by Gasteiger charge is -2.32. The maximum Gasteiger partial charge on any atom is 0.226 e. The van der Waals surface area contributed by atoms with Crippen LogP contribution in [0.4, 0.5) is 17.1 Å². The number of hydrogen-bond donors (Lipinski definition) is 2. The first-order chi connectivity index (χ1) is 8.24. The minimum atomic E-state index is 0.0118. The quantitative estimate of drug-likeness (QED) is 0.650. The number of anilines is 3. The van der Waals surface area contributed by atoms with E-state index in [0.29, 0.717) is 12.1 Å². The molecule has 1 aromatic carbocycles. The van der Waals surface area contributed by atoms with Gasteiger partial charge in [-0.1, -0.05) is 0 Å². The highest BCUT2D eigenvalue weighted by Crippen LogP contribution is 2.33. The zero-order chi connectivity index (χ0) is 11.8. The smallest absolute Gasteiger partial charge is 0.226 e. The number of amides is 1. The van der Waals surface area contributed by atoms with Gasteiger partial charge in [-0.15, -0.1) is 0 Å². The van der Waals surface area contributed by atoms with Crippen LogP contribution < -0.4 is 16.0 Å². The van der Waals surface area contributed by atoms with E-state index in [-0.39, 0.29) is 11.9 Å². The normalized spacial score (nSPS) is 22.5. The van der Waals surface area contributed by atoms with Gasteiger partial charge in [0.15, 0.2) is 0 Å². The van der Waals surface area contributed by atoms with Crippen molar-refractivity contribution in [2.75, 3.05) is 29.0 Å². The minimum absolute atomic E-state index is 0.0118. The first kappa shape index (κ1) is 10.1. The molecule has 1 amide bonds. The van der Waals surface area contributed by atoms with Gasteiger partial charge in [0.1, 0.15) is 0 Å². The standard InChI is InChI=1S/C12H14N4O/c13-8-1-2-11-10(5-8)15-12(17)6-9-7-14-3-4-16(9)11/h1-2,5,7,9H,3-4,6,13H2,(H,15,17). The average molecular weight is 230 g/mol. The van der Waals surface area contributed by atoms with Crippen LogP contribution in [0.1, 0.15) is 6.42 Å². The number of hydrogen-bond acceptors (Lipinski definition) is 4. The van der Waals surface area contributed by atoms with Crippen LogP contribution >= 0.6 is 0 Å². The summed E-state index contributed by atoms with van der Waals surface area (Å²) in [5, 5.41) is 2.90. The molecule has 2 aliphatic rings. The van der Waals surface area contributed by atoms with Gasteiger partial charge in [0.25, 0.3) is 0 Å². The molecule has 0 spiro atoms. The number of nitrogens with zero attached hydrogens (tertiary/aromatic N) is 2. The van der Waals surface area contributed by atoms with E-state index < -0.39 is 0 Å². The van der Waals surface area contributed by atoms with Crippen LogP contribution in [0.15, 0.2) is 23.2 Å². The van der Waals surface area contributed by atoms with Gasteiger partial charge in [-0.25, -0.2) is 0 Å². The lowest BCUT2D eigenvalue weighted by Crippen LogP contribution is -2.41. The number of carbonyl (C=O) groups is 1. The summed E-state index contributed by atoms with van der Waals surface area (Å²) in [4.78, 5) is 18.2. The third-order valence-corrected chi connectivity index (χ3v) is 3.15. The fourth-order valence-corrected chi connectivity index (χ4v) is 2.37. The Morgan fingerprint density at radius 1 is 1.47 bits per heavy atom. The van der Waals surface area contributed by atoms with Gasteiger partial charge in [-0.05, 0) is 18.2 Å². The monoisotopic (exact) mass is 230 g/mol. The predicted octanol–water partition coefficient (Wildman–Crippen LogP) is 0.870. The fourth-order valence-electron chi connectivity index (χ4n) is 2.37. The van der Waals surface area contributed by atoms with E-state index in [4.69, 9.17) is 5.73 Å². The van der Waals surface area contributed by atoms with Crippen molar-refractivity contribution in [2.45, 2.75) is 12.5 Å². The van der Waals surface area contributed by atoms with Crippen molar-refractivity contribution in [1.82, 2.24) is 0 Å². The first-order valence-corrected chi connectivity index (χ1v) is 5.70. The van der Waals surface area contributed by atoms with Crippen LogP contribution in [-0.2, 0) is 4.79 Å². The Balaban J connectivity index is 2.10. The molecule has 17 heavy (non-hydrogen) atoms. The van der Waals surface area contributed by atoms with E-state index in [0.717, 1.165) is 24.5 Å².